The molecule has 1 aliphatic carbocycles. The van der Waals surface area contributed by atoms with Gasteiger partial charge in [0.15, 0.2) is 0 Å². The zero-order valence-electron chi connectivity index (χ0n) is 13.4. The zero-order chi connectivity index (χ0) is 14.6. The molecule has 1 N–H and O–H groups in total. The Kier molecular flexibility index (Phi) is 5.22. The van der Waals surface area contributed by atoms with E-state index in [9.17, 15) is 0 Å². The summed E-state index contributed by atoms with van der Waals surface area (Å²) in [6, 6.07) is 8.97. The predicted octanol–water partition coefficient (Wildman–Crippen LogP) is 4.66. The van der Waals surface area contributed by atoms with Crippen molar-refractivity contribution in [2.45, 2.75) is 58.9 Å². The van der Waals surface area contributed by atoms with E-state index in [2.05, 4.69) is 50.5 Å². The first-order valence-electron chi connectivity index (χ1n) is 7.85. The summed E-state index contributed by atoms with van der Waals surface area (Å²) in [5.41, 5.74) is 6.20. The predicted molar refractivity (Wildman–Crippen MR) is 84.4 cm³/mol. The monoisotopic (exact) mass is 275 g/mol. The lowest BCUT2D eigenvalue weighted by Crippen LogP contribution is -2.25. The van der Waals surface area contributed by atoms with Gasteiger partial charge >= 0.3 is 0 Å². The van der Waals surface area contributed by atoms with Crippen LogP contribution in [-0.4, -0.2) is 7.11 Å². The molecule has 0 saturated heterocycles. The van der Waals surface area contributed by atoms with E-state index in [4.69, 9.17) is 4.84 Å². The summed E-state index contributed by atoms with van der Waals surface area (Å²) in [6.45, 7) is 7.93. The Morgan fingerprint density at radius 3 is 2.45 bits per heavy atom. The third kappa shape index (κ3) is 4.07. The van der Waals surface area contributed by atoms with Crippen LogP contribution in [0, 0.1) is 11.3 Å². The first kappa shape index (κ1) is 15.5. The average molecular weight is 275 g/mol. The van der Waals surface area contributed by atoms with E-state index >= 15 is 0 Å². The van der Waals surface area contributed by atoms with Gasteiger partial charge in [-0.05, 0) is 54.1 Å². The summed E-state index contributed by atoms with van der Waals surface area (Å²) in [5, 5.41) is 0. The Morgan fingerprint density at radius 1 is 1.15 bits per heavy atom. The molecule has 1 saturated carbocycles. The van der Waals surface area contributed by atoms with Crippen LogP contribution in [0.1, 0.15) is 63.5 Å². The van der Waals surface area contributed by atoms with Crippen molar-refractivity contribution in [2.75, 3.05) is 7.11 Å². The van der Waals surface area contributed by atoms with Crippen molar-refractivity contribution < 1.29 is 4.84 Å². The van der Waals surface area contributed by atoms with E-state index in [1.807, 2.05) is 0 Å². The molecule has 0 bridgehead atoms. The Bertz CT molecular complexity index is 414. The Morgan fingerprint density at radius 2 is 1.85 bits per heavy atom. The number of hydroxylamine groups is 1. The number of rotatable bonds is 4. The second kappa shape index (κ2) is 6.73. The first-order valence-corrected chi connectivity index (χ1v) is 7.85. The van der Waals surface area contributed by atoms with Crippen molar-refractivity contribution in [2.24, 2.45) is 11.3 Å². The third-order valence-electron chi connectivity index (χ3n) is 4.79. The summed E-state index contributed by atoms with van der Waals surface area (Å²) < 4.78 is 0. The van der Waals surface area contributed by atoms with Gasteiger partial charge in [-0.2, -0.15) is 5.48 Å². The molecule has 20 heavy (non-hydrogen) atoms. The van der Waals surface area contributed by atoms with Gasteiger partial charge in [-0.15, -0.1) is 0 Å². The van der Waals surface area contributed by atoms with Crippen LogP contribution in [0.15, 0.2) is 24.3 Å². The maximum absolute atomic E-state index is 4.93. The molecule has 0 amide bonds. The summed E-state index contributed by atoms with van der Waals surface area (Å²) in [4.78, 5) is 4.93. The highest BCUT2D eigenvalue weighted by molar-refractivity contribution is 5.26. The SMILES string of the molecule is CONCc1cccc(C2CCC(C(C)(C)C)CC2)c1. The van der Waals surface area contributed by atoms with Crippen molar-refractivity contribution in [3.05, 3.63) is 35.4 Å². The van der Waals surface area contributed by atoms with E-state index in [0.29, 0.717) is 5.41 Å². The molecule has 1 aromatic rings. The molecule has 1 aromatic carbocycles. The lowest BCUT2D eigenvalue weighted by atomic mass is 9.68. The number of benzene rings is 1. The summed E-state index contributed by atoms with van der Waals surface area (Å²) in [7, 11) is 1.66. The number of hydrogen-bond acceptors (Lipinski definition) is 2. The fourth-order valence-corrected chi connectivity index (χ4v) is 3.41. The molecular weight excluding hydrogens is 246 g/mol. The lowest BCUT2D eigenvalue weighted by molar-refractivity contribution is 0.0867. The first-order chi connectivity index (χ1) is 9.50. The largest absolute Gasteiger partial charge is 0.305 e. The molecular formula is C18H29NO. The molecule has 1 fully saturated rings. The van der Waals surface area contributed by atoms with Crippen LogP contribution in [-0.2, 0) is 11.4 Å². The van der Waals surface area contributed by atoms with E-state index in [1.54, 1.807) is 7.11 Å². The standard InChI is InChI=1S/C18H29NO/c1-18(2,3)17-10-8-15(9-11-17)16-7-5-6-14(12-16)13-19-20-4/h5-7,12,15,17,19H,8-11,13H2,1-4H3. The minimum atomic E-state index is 0.467. The second-order valence-corrected chi connectivity index (χ2v) is 7.18. The highest BCUT2D eigenvalue weighted by Gasteiger charge is 2.30. The molecule has 0 heterocycles. The summed E-state index contributed by atoms with van der Waals surface area (Å²) in [5.74, 6) is 1.63. The van der Waals surface area contributed by atoms with Gasteiger partial charge in [-0.1, -0.05) is 45.0 Å². The van der Waals surface area contributed by atoms with Gasteiger partial charge in [0.25, 0.3) is 0 Å². The highest BCUT2D eigenvalue weighted by Crippen LogP contribution is 2.43. The van der Waals surface area contributed by atoms with Gasteiger partial charge in [0.05, 0.1) is 7.11 Å². The smallest absolute Gasteiger partial charge is 0.0572 e. The van der Waals surface area contributed by atoms with E-state index in [-0.39, 0.29) is 0 Å². The van der Waals surface area contributed by atoms with Crippen LogP contribution in [0.4, 0.5) is 0 Å². The summed E-state index contributed by atoms with van der Waals surface area (Å²) >= 11 is 0. The number of hydrogen-bond donors (Lipinski definition) is 1. The van der Waals surface area contributed by atoms with Crippen LogP contribution in [0.5, 0.6) is 0 Å². The van der Waals surface area contributed by atoms with Crippen LogP contribution in [0.25, 0.3) is 0 Å². The molecule has 0 unspecified atom stereocenters. The van der Waals surface area contributed by atoms with Crippen LogP contribution >= 0.6 is 0 Å². The van der Waals surface area contributed by atoms with Crippen molar-refractivity contribution in [1.82, 2.24) is 5.48 Å². The van der Waals surface area contributed by atoms with Gasteiger partial charge in [-0.25, -0.2) is 0 Å². The zero-order valence-corrected chi connectivity index (χ0v) is 13.4. The number of nitrogens with one attached hydrogen (secondary N) is 1. The van der Waals surface area contributed by atoms with Gasteiger partial charge in [0, 0.05) is 6.54 Å². The van der Waals surface area contributed by atoms with Gasteiger partial charge in [0.1, 0.15) is 0 Å². The van der Waals surface area contributed by atoms with E-state index < -0.39 is 0 Å². The second-order valence-electron chi connectivity index (χ2n) is 7.18. The Hall–Kier alpha value is -0.860. The molecule has 2 nitrogen and oxygen atoms in total. The molecule has 0 aliphatic heterocycles. The lowest BCUT2D eigenvalue weighted by Gasteiger charge is -2.37. The highest BCUT2D eigenvalue weighted by atomic mass is 16.6. The average Bonchev–Trinajstić information content (AvgIpc) is 2.45. The maximum atomic E-state index is 4.93. The van der Waals surface area contributed by atoms with Gasteiger partial charge in [-0.3, -0.25) is 0 Å². The van der Waals surface area contributed by atoms with Crippen LogP contribution in [0.2, 0.25) is 0 Å². The molecule has 2 heteroatoms. The minimum absolute atomic E-state index is 0.467. The molecule has 1 aliphatic rings. The quantitative estimate of drug-likeness (QED) is 0.807. The topological polar surface area (TPSA) is 21.3 Å². The summed E-state index contributed by atoms with van der Waals surface area (Å²) in [6.07, 6.45) is 5.41. The van der Waals surface area contributed by atoms with Gasteiger partial charge < -0.3 is 4.84 Å². The molecule has 112 valence electrons. The van der Waals surface area contributed by atoms with E-state index in [1.165, 1.54) is 36.8 Å². The third-order valence-corrected chi connectivity index (χ3v) is 4.79. The van der Waals surface area contributed by atoms with Crippen molar-refractivity contribution in [3.63, 3.8) is 0 Å². The fourth-order valence-electron chi connectivity index (χ4n) is 3.41. The molecule has 2 rings (SSSR count). The van der Waals surface area contributed by atoms with Crippen LogP contribution in [0.3, 0.4) is 0 Å². The minimum Gasteiger partial charge on any atom is -0.305 e. The molecule has 0 aromatic heterocycles. The normalized spacial score (nSPS) is 23.8. The van der Waals surface area contributed by atoms with Crippen molar-refractivity contribution in [1.29, 1.82) is 0 Å². The molecule has 0 radical (unpaired) electrons. The maximum Gasteiger partial charge on any atom is 0.0572 e. The van der Waals surface area contributed by atoms with Gasteiger partial charge in [0.2, 0.25) is 0 Å². The van der Waals surface area contributed by atoms with Crippen LogP contribution < -0.4 is 5.48 Å². The van der Waals surface area contributed by atoms with Crippen molar-refractivity contribution in [3.8, 4) is 0 Å². The Labute approximate surface area is 123 Å². The molecule has 0 spiro atoms. The fraction of sp³-hybridized carbons (Fsp3) is 0.667. The molecule has 0 atom stereocenters. The van der Waals surface area contributed by atoms with Crippen molar-refractivity contribution >= 4 is 0 Å². The van der Waals surface area contributed by atoms with E-state index in [0.717, 1.165) is 18.4 Å². The Balaban J connectivity index is 1.96.